The average Bonchev–Trinajstić information content (AvgIpc) is 3.17. The van der Waals surface area contributed by atoms with Crippen molar-refractivity contribution in [1.82, 2.24) is 4.98 Å². The smallest absolute Gasteiger partial charge is 0.104 e. The van der Waals surface area contributed by atoms with Crippen molar-refractivity contribution in [2.24, 2.45) is 0 Å². The Morgan fingerprint density at radius 2 is 1.68 bits per heavy atom. The number of nitrogens with zero attached hydrogens (tertiary/aromatic N) is 1. The number of thioether (sulfide) groups is 1. The fraction of sp³-hybridized carbons (Fsp3) is 0.318. The van der Waals surface area contributed by atoms with Gasteiger partial charge in [0.15, 0.2) is 0 Å². The van der Waals surface area contributed by atoms with Crippen LogP contribution in [0.2, 0.25) is 0 Å². The Morgan fingerprint density at radius 1 is 0.920 bits per heavy atom. The van der Waals surface area contributed by atoms with Gasteiger partial charge >= 0.3 is 0 Å². The van der Waals surface area contributed by atoms with Crippen LogP contribution in [0.4, 0.5) is 0 Å². The predicted molar refractivity (Wildman–Crippen MR) is 109 cm³/mol. The van der Waals surface area contributed by atoms with Gasteiger partial charge in [-0.2, -0.15) is 0 Å². The number of thiazole rings is 1. The molecule has 0 unspecified atom stereocenters. The van der Waals surface area contributed by atoms with Crippen LogP contribution in [0.5, 0.6) is 0 Å². The van der Waals surface area contributed by atoms with Gasteiger partial charge in [-0.3, -0.25) is 0 Å². The maximum Gasteiger partial charge on any atom is 0.104 e. The quantitative estimate of drug-likeness (QED) is 0.445. The Balaban J connectivity index is 1.41. The minimum atomic E-state index is 0.774. The van der Waals surface area contributed by atoms with Gasteiger partial charge in [-0.1, -0.05) is 61.7 Å². The summed E-state index contributed by atoms with van der Waals surface area (Å²) in [6.45, 7) is 0. The minimum Gasteiger partial charge on any atom is -0.240 e. The third-order valence-corrected chi connectivity index (χ3v) is 7.00. The lowest BCUT2D eigenvalue weighted by Crippen LogP contribution is -2.04. The molecule has 1 heterocycles. The van der Waals surface area contributed by atoms with E-state index in [0.29, 0.717) is 0 Å². The molecule has 1 aromatic heterocycles. The highest BCUT2D eigenvalue weighted by atomic mass is 32.2. The molecular formula is C22H23NS2. The molecule has 25 heavy (non-hydrogen) atoms. The summed E-state index contributed by atoms with van der Waals surface area (Å²) in [4.78, 5) is 6.14. The topological polar surface area (TPSA) is 12.9 Å². The Morgan fingerprint density at radius 3 is 2.44 bits per heavy atom. The zero-order chi connectivity index (χ0) is 16.9. The first-order chi connectivity index (χ1) is 12.4. The molecular weight excluding hydrogens is 342 g/mol. The highest BCUT2D eigenvalue weighted by molar-refractivity contribution is 7.98. The van der Waals surface area contributed by atoms with E-state index in [-0.39, 0.29) is 0 Å². The van der Waals surface area contributed by atoms with E-state index in [4.69, 9.17) is 4.98 Å². The van der Waals surface area contributed by atoms with E-state index in [1.54, 1.807) is 11.3 Å². The van der Waals surface area contributed by atoms with E-state index >= 15 is 0 Å². The normalized spacial score (nSPS) is 15.4. The minimum absolute atomic E-state index is 0.774. The Hall–Kier alpha value is -1.58. The molecule has 0 bridgehead atoms. The molecule has 128 valence electrons. The maximum absolute atomic E-state index is 4.84. The van der Waals surface area contributed by atoms with E-state index in [2.05, 4.69) is 60.0 Å². The standard InChI is InChI=1S/C22H23NS2/c1-3-7-17(8-4-1)18-11-13-19(14-12-18)21-15-25-22(23-21)16-24-20-9-5-2-6-10-20/h2,5-6,9-15,17H,1,3-4,7-8,16H2. The lowest BCUT2D eigenvalue weighted by molar-refractivity contribution is 0.443. The second-order valence-corrected chi connectivity index (χ2v) is 8.68. The number of hydrogen-bond donors (Lipinski definition) is 0. The first-order valence-electron chi connectivity index (χ1n) is 9.11. The fourth-order valence-corrected chi connectivity index (χ4v) is 5.27. The highest BCUT2D eigenvalue weighted by Gasteiger charge is 2.15. The third kappa shape index (κ3) is 4.34. The van der Waals surface area contributed by atoms with Crippen molar-refractivity contribution in [2.45, 2.75) is 48.7 Å². The van der Waals surface area contributed by atoms with Crippen molar-refractivity contribution in [2.75, 3.05) is 0 Å². The summed E-state index contributed by atoms with van der Waals surface area (Å²) in [5.41, 5.74) is 3.87. The van der Waals surface area contributed by atoms with Crippen molar-refractivity contribution in [3.63, 3.8) is 0 Å². The summed E-state index contributed by atoms with van der Waals surface area (Å²) in [5, 5.41) is 3.39. The highest BCUT2D eigenvalue weighted by Crippen LogP contribution is 2.34. The molecule has 0 atom stereocenters. The van der Waals surface area contributed by atoms with Crippen LogP contribution in [0.3, 0.4) is 0 Å². The molecule has 1 aliphatic carbocycles. The van der Waals surface area contributed by atoms with Gasteiger partial charge in [-0.15, -0.1) is 23.1 Å². The molecule has 1 fully saturated rings. The van der Waals surface area contributed by atoms with Crippen molar-refractivity contribution < 1.29 is 0 Å². The van der Waals surface area contributed by atoms with Crippen molar-refractivity contribution >= 4 is 23.1 Å². The van der Waals surface area contributed by atoms with Crippen LogP contribution in [-0.2, 0) is 5.75 Å². The molecule has 0 N–H and O–H groups in total. The Labute approximate surface area is 158 Å². The van der Waals surface area contributed by atoms with Gasteiger partial charge < -0.3 is 0 Å². The monoisotopic (exact) mass is 365 g/mol. The summed E-state index contributed by atoms with van der Waals surface area (Å²) in [5.74, 6) is 1.71. The number of benzene rings is 2. The van der Waals surface area contributed by atoms with E-state index < -0.39 is 0 Å². The summed E-state index contributed by atoms with van der Waals surface area (Å²) >= 11 is 3.62. The number of rotatable bonds is 5. The lowest BCUT2D eigenvalue weighted by atomic mass is 9.84. The molecule has 0 aliphatic heterocycles. The lowest BCUT2D eigenvalue weighted by Gasteiger charge is -2.22. The van der Waals surface area contributed by atoms with E-state index in [1.165, 1.54) is 53.1 Å². The van der Waals surface area contributed by atoms with Crippen LogP contribution >= 0.6 is 23.1 Å². The second kappa shape index (κ2) is 8.20. The van der Waals surface area contributed by atoms with Gasteiger partial charge in [0.2, 0.25) is 0 Å². The maximum atomic E-state index is 4.84. The van der Waals surface area contributed by atoms with Crippen LogP contribution in [-0.4, -0.2) is 4.98 Å². The number of aromatic nitrogens is 1. The molecule has 0 spiro atoms. The molecule has 1 nitrogen and oxygen atoms in total. The fourth-order valence-electron chi connectivity index (χ4n) is 3.53. The van der Waals surface area contributed by atoms with Crippen LogP contribution in [0.1, 0.15) is 48.6 Å². The SMILES string of the molecule is c1ccc(SCc2nc(-c3ccc(C4CCCCC4)cc3)cs2)cc1. The average molecular weight is 366 g/mol. The van der Waals surface area contributed by atoms with Crippen LogP contribution in [0, 0.1) is 0 Å². The predicted octanol–water partition coefficient (Wildman–Crippen LogP) is 7.15. The Bertz CT molecular complexity index is 786. The second-order valence-electron chi connectivity index (χ2n) is 6.69. The molecule has 3 heteroatoms. The van der Waals surface area contributed by atoms with Gasteiger partial charge in [-0.05, 0) is 36.5 Å². The summed E-state index contributed by atoms with van der Waals surface area (Å²) < 4.78 is 0. The van der Waals surface area contributed by atoms with Gasteiger partial charge in [0.25, 0.3) is 0 Å². The molecule has 1 saturated carbocycles. The third-order valence-electron chi connectivity index (χ3n) is 4.94. The van der Waals surface area contributed by atoms with E-state index in [0.717, 1.165) is 17.4 Å². The van der Waals surface area contributed by atoms with Crippen LogP contribution in [0.15, 0.2) is 64.9 Å². The van der Waals surface area contributed by atoms with Crippen LogP contribution in [0.25, 0.3) is 11.3 Å². The molecule has 1 aliphatic rings. The molecule has 0 radical (unpaired) electrons. The largest absolute Gasteiger partial charge is 0.240 e. The summed E-state index contributed by atoms with van der Waals surface area (Å²) in [7, 11) is 0. The molecule has 3 aromatic rings. The van der Waals surface area contributed by atoms with Crippen LogP contribution < -0.4 is 0 Å². The zero-order valence-corrected chi connectivity index (χ0v) is 16.0. The first kappa shape index (κ1) is 16.9. The van der Waals surface area contributed by atoms with E-state index in [1.807, 2.05) is 11.8 Å². The first-order valence-corrected chi connectivity index (χ1v) is 11.0. The van der Waals surface area contributed by atoms with Gasteiger partial charge in [-0.25, -0.2) is 4.98 Å². The molecule has 2 aromatic carbocycles. The van der Waals surface area contributed by atoms with Gasteiger partial charge in [0.1, 0.15) is 5.01 Å². The molecule has 0 saturated heterocycles. The van der Waals surface area contributed by atoms with Crippen molar-refractivity contribution in [3.05, 3.63) is 70.5 Å². The summed E-state index contributed by atoms with van der Waals surface area (Å²) in [6, 6.07) is 19.7. The molecule has 4 rings (SSSR count). The van der Waals surface area contributed by atoms with Crippen molar-refractivity contribution in [1.29, 1.82) is 0 Å². The van der Waals surface area contributed by atoms with E-state index in [9.17, 15) is 0 Å². The molecule has 0 amide bonds. The summed E-state index contributed by atoms with van der Waals surface area (Å²) in [6.07, 6.45) is 6.91. The van der Waals surface area contributed by atoms with Crippen molar-refractivity contribution in [3.8, 4) is 11.3 Å². The Kier molecular flexibility index (Phi) is 5.53. The number of hydrogen-bond acceptors (Lipinski definition) is 3. The van der Waals surface area contributed by atoms with Gasteiger partial charge in [0, 0.05) is 15.8 Å². The van der Waals surface area contributed by atoms with Gasteiger partial charge in [0.05, 0.1) is 11.4 Å². The zero-order valence-electron chi connectivity index (χ0n) is 14.4.